The summed E-state index contributed by atoms with van der Waals surface area (Å²) in [5, 5.41) is 3.24. The molecule has 6 nitrogen and oxygen atoms in total. The second-order valence-corrected chi connectivity index (χ2v) is 7.26. The van der Waals surface area contributed by atoms with E-state index >= 15 is 0 Å². The van der Waals surface area contributed by atoms with E-state index in [4.69, 9.17) is 4.42 Å². The van der Waals surface area contributed by atoms with Crippen LogP contribution in [0.3, 0.4) is 0 Å². The molecule has 24 heavy (non-hydrogen) atoms. The van der Waals surface area contributed by atoms with Crippen LogP contribution in [0.4, 0.5) is 0 Å². The van der Waals surface area contributed by atoms with E-state index < -0.39 is 0 Å². The molecule has 0 aromatic carbocycles. The minimum Gasteiger partial charge on any atom is -0.467 e. The highest BCUT2D eigenvalue weighted by molar-refractivity contribution is 5.89. The third-order valence-corrected chi connectivity index (χ3v) is 5.70. The van der Waals surface area contributed by atoms with E-state index in [2.05, 4.69) is 10.2 Å². The summed E-state index contributed by atoms with van der Waals surface area (Å²) in [7, 11) is 0. The SMILES string of the molecule is O=C(NC1CCN2CCCCC12)C1CC(=O)N(Cc2ccco2)C1. The van der Waals surface area contributed by atoms with Gasteiger partial charge in [-0.1, -0.05) is 6.42 Å². The lowest BCUT2D eigenvalue weighted by Gasteiger charge is -2.32. The molecule has 3 fully saturated rings. The Kier molecular flexibility index (Phi) is 4.31. The Labute approximate surface area is 142 Å². The van der Waals surface area contributed by atoms with Crippen molar-refractivity contribution in [1.29, 1.82) is 0 Å². The first kappa shape index (κ1) is 15.7. The summed E-state index contributed by atoms with van der Waals surface area (Å²) < 4.78 is 5.31. The number of carbonyl (C=O) groups is 2. The van der Waals surface area contributed by atoms with Crippen LogP contribution < -0.4 is 5.32 Å². The Morgan fingerprint density at radius 2 is 2.21 bits per heavy atom. The van der Waals surface area contributed by atoms with E-state index in [1.54, 1.807) is 11.2 Å². The third kappa shape index (κ3) is 3.07. The molecule has 3 saturated heterocycles. The second-order valence-electron chi connectivity index (χ2n) is 7.26. The van der Waals surface area contributed by atoms with Gasteiger partial charge in [0.1, 0.15) is 5.76 Å². The van der Waals surface area contributed by atoms with Crippen molar-refractivity contribution in [3.63, 3.8) is 0 Å². The summed E-state index contributed by atoms with van der Waals surface area (Å²) in [6.45, 7) is 3.20. The monoisotopic (exact) mass is 331 g/mol. The van der Waals surface area contributed by atoms with Crippen LogP contribution in [0.25, 0.3) is 0 Å². The van der Waals surface area contributed by atoms with Crippen LogP contribution in [-0.4, -0.2) is 53.3 Å². The number of amides is 2. The molecule has 1 N–H and O–H groups in total. The first-order valence-corrected chi connectivity index (χ1v) is 9.05. The maximum Gasteiger partial charge on any atom is 0.225 e. The molecule has 3 unspecified atom stereocenters. The predicted octanol–water partition coefficient (Wildman–Crippen LogP) is 1.37. The van der Waals surface area contributed by atoms with Gasteiger partial charge in [0.15, 0.2) is 0 Å². The van der Waals surface area contributed by atoms with Crippen molar-refractivity contribution in [3.8, 4) is 0 Å². The molecule has 4 rings (SSSR count). The van der Waals surface area contributed by atoms with Gasteiger partial charge in [-0.25, -0.2) is 0 Å². The van der Waals surface area contributed by atoms with E-state index in [0.29, 0.717) is 25.6 Å². The minimum atomic E-state index is -0.231. The molecular weight excluding hydrogens is 306 g/mol. The number of hydrogen-bond acceptors (Lipinski definition) is 4. The van der Waals surface area contributed by atoms with Gasteiger partial charge in [0.05, 0.1) is 18.7 Å². The number of piperidine rings is 1. The maximum absolute atomic E-state index is 12.6. The summed E-state index contributed by atoms with van der Waals surface area (Å²) in [5.74, 6) is 0.614. The summed E-state index contributed by atoms with van der Waals surface area (Å²) in [6.07, 6.45) is 6.67. The maximum atomic E-state index is 12.6. The lowest BCUT2D eigenvalue weighted by molar-refractivity contribution is -0.129. The van der Waals surface area contributed by atoms with Crippen molar-refractivity contribution in [1.82, 2.24) is 15.1 Å². The molecule has 1 aromatic rings. The van der Waals surface area contributed by atoms with Gasteiger partial charge in [-0.15, -0.1) is 0 Å². The van der Waals surface area contributed by atoms with E-state index in [9.17, 15) is 9.59 Å². The molecule has 0 radical (unpaired) electrons. The fraction of sp³-hybridized carbons (Fsp3) is 0.667. The van der Waals surface area contributed by atoms with E-state index in [0.717, 1.165) is 25.3 Å². The van der Waals surface area contributed by atoms with Gasteiger partial charge in [-0.2, -0.15) is 0 Å². The van der Waals surface area contributed by atoms with Crippen molar-refractivity contribution in [3.05, 3.63) is 24.2 Å². The molecule has 0 saturated carbocycles. The molecule has 3 aliphatic heterocycles. The molecule has 4 heterocycles. The minimum absolute atomic E-state index is 0.0391. The van der Waals surface area contributed by atoms with Crippen LogP contribution >= 0.6 is 0 Å². The van der Waals surface area contributed by atoms with Crippen LogP contribution in [0.1, 0.15) is 37.9 Å². The number of fused-ring (bicyclic) bond motifs is 1. The summed E-state index contributed by atoms with van der Waals surface area (Å²) in [5.41, 5.74) is 0. The van der Waals surface area contributed by atoms with Gasteiger partial charge in [0.25, 0.3) is 0 Å². The van der Waals surface area contributed by atoms with Gasteiger partial charge in [0, 0.05) is 31.6 Å². The van der Waals surface area contributed by atoms with Crippen LogP contribution in [0.2, 0.25) is 0 Å². The average molecular weight is 331 g/mol. The van der Waals surface area contributed by atoms with Gasteiger partial charge in [-0.05, 0) is 37.9 Å². The number of rotatable bonds is 4. The van der Waals surface area contributed by atoms with Gasteiger partial charge in [0.2, 0.25) is 11.8 Å². The zero-order valence-corrected chi connectivity index (χ0v) is 13.9. The molecule has 130 valence electrons. The number of likely N-dealkylation sites (tertiary alicyclic amines) is 1. The standard InChI is InChI=1S/C18H25N3O3/c22-17-10-13(11-21(17)12-14-4-3-9-24-14)18(23)19-15-6-8-20-7-2-1-5-16(15)20/h3-4,9,13,15-16H,1-2,5-8,10-12H2,(H,19,23). The Hall–Kier alpha value is -1.82. The Balaban J connectivity index is 1.33. The molecule has 3 atom stereocenters. The van der Waals surface area contributed by atoms with Gasteiger partial charge in [-0.3, -0.25) is 14.5 Å². The molecule has 2 amide bonds. The third-order valence-electron chi connectivity index (χ3n) is 5.70. The van der Waals surface area contributed by atoms with E-state index in [-0.39, 0.29) is 23.8 Å². The summed E-state index contributed by atoms with van der Waals surface area (Å²) in [6, 6.07) is 4.43. The van der Waals surface area contributed by atoms with E-state index in [1.807, 2.05) is 12.1 Å². The van der Waals surface area contributed by atoms with Crippen LogP contribution in [0, 0.1) is 5.92 Å². The lowest BCUT2D eigenvalue weighted by atomic mass is 9.98. The normalized spacial score (nSPS) is 30.6. The average Bonchev–Trinajstić information content (AvgIpc) is 3.30. The zero-order valence-electron chi connectivity index (χ0n) is 13.9. The number of hydrogen-bond donors (Lipinski definition) is 1. The van der Waals surface area contributed by atoms with Crippen molar-refractivity contribution in [2.75, 3.05) is 19.6 Å². The van der Waals surface area contributed by atoms with Crippen molar-refractivity contribution in [2.24, 2.45) is 5.92 Å². The topological polar surface area (TPSA) is 65.8 Å². The highest BCUT2D eigenvalue weighted by Gasteiger charge is 2.39. The highest BCUT2D eigenvalue weighted by Crippen LogP contribution is 2.28. The summed E-state index contributed by atoms with van der Waals surface area (Å²) in [4.78, 5) is 29.1. The Morgan fingerprint density at radius 3 is 3.04 bits per heavy atom. The van der Waals surface area contributed by atoms with Gasteiger partial charge >= 0.3 is 0 Å². The Bertz CT molecular complexity index is 601. The predicted molar refractivity (Wildman–Crippen MR) is 88.0 cm³/mol. The molecule has 1 aromatic heterocycles. The van der Waals surface area contributed by atoms with E-state index in [1.165, 1.54) is 19.3 Å². The van der Waals surface area contributed by atoms with Crippen LogP contribution in [0.15, 0.2) is 22.8 Å². The second kappa shape index (κ2) is 6.59. The molecule has 0 bridgehead atoms. The van der Waals surface area contributed by atoms with Crippen LogP contribution in [0.5, 0.6) is 0 Å². The van der Waals surface area contributed by atoms with Crippen molar-refractivity contribution < 1.29 is 14.0 Å². The fourth-order valence-electron chi connectivity index (χ4n) is 4.41. The molecule has 3 aliphatic rings. The summed E-state index contributed by atoms with van der Waals surface area (Å²) >= 11 is 0. The van der Waals surface area contributed by atoms with Gasteiger partial charge < -0.3 is 14.6 Å². The first-order chi connectivity index (χ1) is 11.7. The number of carbonyl (C=O) groups excluding carboxylic acids is 2. The van der Waals surface area contributed by atoms with Crippen molar-refractivity contribution >= 4 is 11.8 Å². The smallest absolute Gasteiger partial charge is 0.225 e. The zero-order chi connectivity index (χ0) is 16.5. The molecular formula is C18H25N3O3. The number of nitrogens with one attached hydrogen (secondary N) is 1. The first-order valence-electron chi connectivity index (χ1n) is 9.05. The number of nitrogens with zero attached hydrogens (tertiary/aromatic N) is 2. The molecule has 0 aliphatic carbocycles. The molecule has 6 heteroatoms. The lowest BCUT2D eigenvalue weighted by Crippen LogP contribution is -2.48. The number of furan rings is 1. The fourth-order valence-corrected chi connectivity index (χ4v) is 4.41. The molecule has 0 spiro atoms. The largest absolute Gasteiger partial charge is 0.467 e. The quantitative estimate of drug-likeness (QED) is 0.905. The highest BCUT2D eigenvalue weighted by atomic mass is 16.3. The Morgan fingerprint density at radius 1 is 1.29 bits per heavy atom. The van der Waals surface area contributed by atoms with Crippen molar-refractivity contribution in [2.45, 2.75) is 50.7 Å². The van der Waals surface area contributed by atoms with Crippen LogP contribution in [-0.2, 0) is 16.1 Å².